The van der Waals surface area contributed by atoms with Crippen LogP contribution in [0.1, 0.15) is 18.5 Å². The summed E-state index contributed by atoms with van der Waals surface area (Å²) in [6, 6.07) is 2.43. The van der Waals surface area contributed by atoms with Crippen molar-refractivity contribution in [1.82, 2.24) is 9.97 Å². The van der Waals surface area contributed by atoms with Crippen molar-refractivity contribution >= 4 is 11.8 Å². The second kappa shape index (κ2) is 5.12. The molecule has 0 unspecified atom stereocenters. The number of hydrogen-bond acceptors (Lipinski definition) is 5. The van der Waals surface area contributed by atoms with Gasteiger partial charge in [-0.05, 0) is 19.8 Å². The minimum absolute atomic E-state index is 0.466. The molecule has 0 aromatic carbocycles. The maximum atomic E-state index is 5.32. The van der Waals surface area contributed by atoms with Crippen LogP contribution >= 0.6 is 0 Å². The van der Waals surface area contributed by atoms with E-state index in [0.29, 0.717) is 12.0 Å². The van der Waals surface area contributed by atoms with Crippen molar-refractivity contribution in [3.05, 3.63) is 11.8 Å². The van der Waals surface area contributed by atoms with Crippen LogP contribution in [0.5, 0.6) is 0 Å². The highest BCUT2D eigenvalue weighted by atomic mass is 16.5. The van der Waals surface area contributed by atoms with Gasteiger partial charge in [0.2, 0.25) is 5.95 Å². The van der Waals surface area contributed by atoms with Crippen molar-refractivity contribution in [3.8, 4) is 0 Å². The molecule has 88 valence electrons. The molecule has 16 heavy (non-hydrogen) atoms. The molecule has 0 amide bonds. The van der Waals surface area contributed by atoms with Crippen LogP contribution in [0.15, 0.2) is 6.07 Å². The number of hydrogen-bond donors (Lipinski definition) is 2. The van der Waals surface area contributed by atoms with Crippen molar-refractivity contribution in [1.29, 1.82) is 0 Å². The summed E-state index contributed by atoms with van der Waals surface area (Å²) in [4.78, 5) is 8.63. The smallest absolute Gasteiger partial charge is 0.224 e. The van der Waals surface area contributed by atoms with Crippen LogP contribution in [0.25, 0.3) is 0 Å². The number of anilines is 2. The maximum Gasteiger partial charge on any atom is 0.224 e. The molecule has 1 aromatic rings. The highest BCUT2D eigenvalue weighted by molar-refractivity contribution is 5.42. The van der Waals surface area contributed by atoms with Crippen LogP contribution in [0, 0.1) is 6.92 Å². The van der Waals surface area contributed by atoms with Crippen molar-refractivity contribution in [2.24, 2.45) is 0 Å². The molecular formula is C11H18N4O. The van der Waals surface area contributed by atoms with Crippen LogP contribution < -0.4 is 10.6 Å². The predicted molar refractivity (Wildman–Crippen MR) is 63.8 cm³/mol. The molecule has 5 heteroatoms. The van der Waals surface area contributed by atoms with E-state index in [0.717, 1.165) is 37.6 Å². The molecule has 0 bridgehead atoms. The van der Waals surface area contributed by atoms with Gasteiger partial charge in [0.15, 0.2) is 0 Å². The summed E-state index contributed by atoms with van der Waals surface area (Å²) in [7, 11) is 1.83. The van der Waals surface area contributed by atoms with E-state index in [-0.39, 0.29) is 0 Å². The van der Waals surface area contributed by atoms with Gasteiger partial charge in [0.1, 0.15) is 5.82 Å². The number of aromatic nitrogens is 2. The Hall–Kier alpha value is -1.36. The zero-order chi connectivity index (χ0) is 11.4. The molecular weight excluding hydrogens is 204 g/mol. The van der Waals surface area contributed by atoms with Gasteiger partial charge in [-0.2, -0.15) is 4.98 Å². The molecule has 0 atom stereocenters. The lowest BCUT2D eigenvalue weighted by Gasteiger charge is -2.23. The van der Waals surface area contributed by atoms with Crippen LogP contribution in [0.2, 0.25) is 0 Å². The monoisotopic (exact) mass is 222 g/mol. The Balaban J connectivity index is 2.04. The second-order valence-corrected chi connectivity index (χ2v) is 4.00. The van der Waals surface area contributed by atoms with E-state index >= 15 is 0 Å². The first-order chi connectivity index (χ1) is 7.78. The fraction of sp³-hybridized carbons (Fsp3) is 0.636. The first-order valence-electron chi connectivity index (χ1n) is 5.65. The molecule has 2 heterocycles. The minimum Gasteiger partial charge on any atom is -0.381 e. The summed E-state index contributed by atoms with van der Waals surface area (Å²) in [5.74, 6) is 1.55. The molecule has 0 spiro atoms. The van der Waals surface area contributed by atoms with Crippen LogP contribution in [0.4, 0.5) is 11.8 Å². The number of aryl methyl sites for hydroxylation is 1. The molecule has 0 radical (unpaired) electrons. The number of nitrogens with one attached hydrogen (secondary N) is 2. The lowest BCUT2D eigenvalue weighted by atomic mass is 10.1. The molecule has 2 N–H and O–H groups in total. The zero-order valence-corrected chi connectivity index (χ0v) is 9.79. The summed E-state index contributed by atoms with van der Waals surface area (Å²) in [6.45, 7) is 3.64. The van der Waals surface area contributed by atoms with Crippen molar-refractivity contribution in [2.75, 3.05) is 30.9 Å². The van der Waals surface area contributed by atoms with Gasteiger partial charge in [-0.25, -0.2) is 4.98 Å². The lowest BCUT2D eigenvalue weighted by molar-refractivity contribution is 0.0904. The van der Waals surface area contributed by atoms with Crippen LogP contribution in [-0.4, -0.2) is 36.3 Å². The van der Waals surface area contributed by atoms with Gasteiger partial charge in [-0.3, -0.25) is 0 Å². The molecule has 0 saturated carbocycles. The Morgan fingerprint density at radius 1 is 1.31 bits per heavy atom. The van der Waals surface area contributed by atoms with Gasteiger partial charge >= 0.3 is 0 Å². The number of rotatable bonds is 3. The van der Waals surface area contributed by atoms with Gasteiger partial charge < -0.3 is 15.4 Å². The fourth-order valence-electron chi connectivity index (χ4n) is 1.81. The molecule has 2 rings (SSSR count). The molecule has 5 nitrogen and oxygen atoms in total. The van der Waals surface area contributed by atoms with Gasteiger partial charge in [-0.1, -0.05) is 0 Å². The van der Waals surface area contributed by atoms with Crippen LogP contribution in [0.3, 0.4) is 0 Å². The zero-order valence-electron chi connectivity index (χ0n) is 9.79. The third-order valence-electron chi connectivity index (χ3n) is 2.65. The highest BCUT2D eigenvalue weighted by Gasteiger charge is 2.14. The first kappa shape index (κ1) is 11.1. The summed E-state index contributed by atoms with van der Waals surface area (Å²) >= 11 is 0. The van der Waals surface area contributed by atoms with Gasteiger partial charge in [0, 0.05) is 38.1 Å². The van der Waals surface area contributed by atoms with Gasteiger partial charge in [0.25, 0.3) is 0 Å². The SMILES string of the molecule is CNc1nc(C)cc(NC2CCOCC2)n1. The van der Waals surface area contributed by atoms with Crippen molar-refractivity contribution in [3.63, 3.8) is 0 Å². The highest BCUT2D eigenvalue weighted by Crippen LogP contribution is 2.15. The average molecular weight is 222 g/mol. The summed E-state index contributed by atoms with van der Waals surface area (Å²) < 4.78 is 5.32. The van der Waals surface area contributed by atoms with E-state index in [1.54, 1.807) is 0 Å². The van der Waals surface area contributed by atoms with E-state index in [4.69, 9.17) is 4.74 Å². The third kappa shape index (κ3) is 2.82. The Bertz CT molecular complexity index is 350. The topological polar surface area (TPSA) is 59.1 Å². The standard InChI is InChI=1S/C11H18N4O/c1-8-7-10(15-11(12-2)13-8)14-9-3-5-16-6-4-9/h7,9H,3-6H2,1-2H3,(H2,12,13,14,15). The Kier molecular flexibility index (Phi) is 3.56. The molecule has 1 aliphatic rings. The molecule has 1 fully saturated rings. The largest absolute Gasteiger partial charge is 0.381 e. The van der Waals surface area contributed by atoms with E-state index in [1.807, 2.05) is 20.0 Å². The predicted octanol–water partition coefficient (Wildman–Crippen LogP) is 1.42. The van der Waals surface area contributed by atoms with E-state index in [1.165, 1.54) is 0 Å². The normalized spacial score (nSPS) is 17.1. The molecule has 1 saturated heterocycles. The Morgan fingerprint density at radius 2 is 2.06 bits per heavy atom. The second-order valence-electron chi connectivity index (χ2n) is 4.00. The third-order valence-corrected chi connectivity index (χ3v) is 2.65. The number of nitrogens with zero attached hydrogens (tertiary/aromatic N) is 2. The Labute approximate surface area is 95.6 Å². The summed E-state index contributed by atoms with van der Waals surface area (Å²) in [6.07, 6.45) is 2.08. The summed E-state index contributed by atoms with van der Waals surface area (Å²) in [5.41, 5.74) is 0.967. The molecule has 0 aliphatic carbocycles. The van der Waals surface area contributed by atoms with Crippen molar-refractivity contribution < 1.29 is 4.74 Å². The number of ether oxygens (including phenoxy) is 1. The average Bonchev–Trinajstić information content (AvgIpc) is 2.29. The van der Waals surface area contributed by atoms with E-state index < -0.39 is 0 Å². The van der Waals surface area contributed by atoms with Gasteiger partial charge in [-0.15, -0.1) is 0 Å². The van der Waals surface area contributed by atoms with Crippen molar-refractivity contribution in [2.45, 2.75) is 25.8 Å². The fourth-order valence-corrected chi connectivity index (χ4v) is 1.81. The minimum atomic E-state index is 0.466. The molecule has 1 aliphatic heterocycles. The maximum absolute atomic E-state index is 5.32. The van der Waals surface area contributed by atoms with E-state index in [9.17, 15) is 0 Å². The first-order valence-corrected chi connectivity index (χ1v) is 5.65. The van der Waals surface area contributed by atoms with Crippen LogP contribution in [-0.2, 0) is 4.74 Å². The van der Waals surface area contributed by atoms with Gasteiger partial charge in [0.05, 0.1) is 0 Å². The lowest BCUT2D eigenvalue weighted by Crippen LogP contribution is -2.28. The van der Waals surface area contributed by atoms with E-state index in [2.05, 4.69) is 20.6 Å². The quantitative estimate of drug-likeness (QED) is 0.810. The summed E-state index contributed by atoms with van der Waals surface area (Å²) in [5, 5.41) is 6.38. The molecule has 1 aromatic heterocycles. The Morgan fingerprint density at radius 3 is 2.75 bits per heavy atom.